The quantitative estimate of drug-likeness (QED) is 0.883. The number of amides is 1. The van der Waals surface area contributed by atoms with Crippen molar-refractivity contribution in [2.75, 3.05) is 38.7 Å². The van der Waals surface area contributed by atoms with E-state index in [2.05, 4.69) is 15.3 Å². The zero-order chi connectivity index (χ0) is 18.7. The van der Waals surface area contributed by atoms with Crippen LogP contribution in [-0.2, 0) is 9.47 Å². The molecule has 8 heteroatoms. The first-order chi connectivity index (χ1) is 13.2. The van der Waals surface area contributed by atoms with Gasteiger partial charge in [0.05, 0.1) is 32.7 Å². The van der Waals surface area contributed by atoms with Crippen molar-refractivity contribution in [1.29, 1.82) is 0 Å². The van der Waals surface area contributed by atoms with Crippen LogP contribution in [0.2, 0.25) is 0 Å². The molecule has 2 fully saturated rings. The van der Waals surface area contributed by atoms with Gasteiger partial charge in [0.2, 0.25) is 0 Å². The summed E-state index contributed by atoms with van der Waals surface area (Å²) in [6.45, 7) is 2.43. The Bertz CT molecular complexity index is 778. The van der Waals surface area contributed by atoms with Crippen molar-refractivity contribution in [2.24, 2.45) is 0 Å². The molecule has 1 aromatic heterocycles. The molecule has 3 heterocycles. The first-order valence-electron chi connectivity index (χ1n) is 8.98. The molecule has 0 unspecified atom stereocenters. The minimum atomic E-state index is -0.491. The lowest BCUT2D eigenvalue weighted by Gasteiger charge is -2.37. The molecule has 4 rings (SSSR count). The maximum absolute atomic E-state index is 12.7. The monoisotopic (exact) mass is 370 g/mol. The highest BCUT2D eigenvalue weighted by Gasteiger charge is 2.41. The van der Waals surface area contributed by atoms with Crippen LogP contribution in [0.5, 0.6) is 5.75 Å². The van der Waals surface area contributed by atoms with E-state index < -0.39 is 5.79 Å². The summed E-state index contributed by atoms with van der Waals surface area (Å²) < 4.78 is 16.5. The fraction of sp³-hybridized carbons (Fsp3) is 0.421. The molecule has 0 bridgehead atoms. The Morgan fingerprint density at radius 2 is 1.81 bits per heavy atom. The van der Waals surface area contributed by atoms with Crippen molar-refractivity contribution in [1.82, 2.24) is 14.9 Å². The van der Waals surface area contributed by atoms with Gasteiger partial charge in [0.1, 0.15) is 17.3 Å². The summed E-state index contributed by atoms with van der Waals surface area (Å²) in [4.78, 5) is 23.0. The normalized spacial score (nSPS) is 18.5. The summed E-state index contributed by atoms with van der Waals surface area (Å²) in [5.41, 5.74) is 1.20. The van der Waals surface area contributed by atoms with E-state index in [1.807, 2.05) is 24.3 Å². The molecule has 1 spiro atoms. The summed E-state index contributed by atoms with van der Waals surface area (Å²) >= 11 is 0. The van der Waals surface area contributed by atoms with E-state index >= 15 is 0 Å². The molecule has 2 aliphatic heterocycles. The molecular formula is C19H22N4O4. The number of ether oxygens (including phenoxy) is 3. The second kappa shape index (κ2) is 7.50. The molecule has 1 amide bonds. The van der Waals surface area contributed by atoms with E-state index in [0.717, 1.165) is 11.4 Å². The lowest BCUT2D eigenvalue weighted by Crippen LogP contribution is -2.47. The molecule has 2 aromatic rings. The van der Waals surface area contributed by atoms with Gasteiger partial charge >= 0.3 is 0 Å². The van der Waals surface area contributed by atoms with Crippen molar-refractivity contribution < 1.29 is 19.0 Å². The molecule has 8 nitrogen and oxygen atoms in total. The minimum absolute atomic E-state index is 0.119. The number of hydrogen-bond donors (Lipinski definition) is 1. The largest absolute Gasteiger partial charge is 0.497 e. The van der Waals surface area contributed by atoms with Gasteiger partial charge < -0.3 is 24.4 Å². The van der Waals surface area contributed by atoms with E-state index in [4.69, 9.17) is 14.2 Å². The van der Waals surface area contributed by atoms with Crippen LogP contribution in [-0.4, -0.2) is 60.0 Å². The van der Waals surface area contributed by atoms with Gasteiger partial charge in [0.15, 0.2) is 5.79 Å². The maximum Gasteiger partial charge on any atom is 0.274 e. The standard InChI is InChI=1S/C19H22N4O4/c1-25-15-4-2-14(3-5-15)22-17-13-20-16(12-21-17)18(24)23-8-6-19(7-9-23)26-10-11-27-19/h2-5,12-13H,6-11H2,1H3,(H,21,22). The SMILES string of the molecule is COc1ccc(Nc2cnc(C(=O)N3CCC4(CC3)OCCO4)cn2)cc1. The molecule has 0 radical (unpaired) electrons. The zero-order valence-corrected chi connectivity index (χ0v) is 15.2. The molecule has 2 aliphatic rings. The van der Waals surface area contributed by atoms with Crippen LogP contribution in [0.3, 0.4) is 0 Å². The van der Waals surface area contributed by atoms with Gasteiger partial charge in [0, 0.05) is 31.6 Å². The van der Waals surface area contributed by atoms with Crippen molar-refractivity contribution in [3.63, 3.8) is 0 Å². The Labute approximate surface area is 157 Å². The van der Waals surface area contributed by atoms with Crippen LogP contribution in [0.15, 0.2) is 36.7 Å². The predicted octanol–water partition coefficient (Wildman–Crippen LogP) is 2.21. The van der Waals surface area contributed by atoms with Crippen LogP contribution in [0, 0.1) is 0 Å². The Morgan fingerprint density at radius 1 is 1.11 bits per heavy atom. The van der Waals surface area contributed by atoms with Crippen molar-refractivity contribution in [3.05, 3.63) is 42.4 Å². The number of likely N-dealkylation sites (tertiary alicyclic amines) is 1. The molecule has 0 aliphatic carbocycles. The lowest BCUT2D eigenvalue weighted by atomic mass is 10.0. The number of rotatable bonds is 4. The maximum atomic E-state index is 12.7. The Hall–Kier alpha value is -2.71. The molecule has 1 N–H and O–H groups in total. The van der Waals surface area contributed by atoms with E-state index in [1.165, 1.54) is 6.20 Å². The fourth-order valence-corrected chi connectivity index (χ4v) is 3.32. The highest BCUT2D eigenvalue weighted by atomic mass is 16.7. The van der Waals surface area contributed by atoms with E-state index in [9.17, 15) is 4.79 Å². The third kappa shape index (κ3) is 3.86. The number of benzene rings is 1. The first-order valence-corrected chi connectivity index (χ1v) is 8.98. The van der Waals surface area contributed by atoms with E-state index in [-0.39, 0.29) is 5.91 Å². The number of nitrogens with one attached hydrogen (secondary N) is 1. The van der Waals surface area contributed by atoms with Crippen molar-refractivity contribution >= 4 is 17.4 Å². The van der Waals surface area contributed by atoms with Crippen molar-refractivity contribution in [2.45, 2.75) is 18.6 Å². The fourth-order valence-electron chi connectivity index (χ4n) is 3.32. The number of anilines is 2. The summed E-state index contributed by atoms with van der Waals surface area (Å²) in [6.07, 6.45) is 4.43. The van der Waals surface area contributed by atoms with Gasteiger partial charge in [-0.05, 0) is 24.3 Å². The van der Waals surface area contributed by atoms with Crippen LogP contribution in [0.25, 0.3) is 0 Å². The summed E-state index contributed by atoms with van der Waals surface area (Å²) in [5, 5.41) is 3.15. The average Bonchev–Trinajstić information content (AvgIpc) is 3.17. The lowest BCUT2D eigenvalue weighted by molar-refractivity contribution is -0.181. The zero-order valence-electron chi connectivity index (χ0n) is 15.2. The topological polar surface area (TPSA) is 85.8 Å². The van der Waals surface area contributed by atoms with Gasteiger partial charge in [-0.1, -0.05) is 0 Å². The summed E-state index contributed by atoms with van der Waals surface area (Å²) in [7, 11) is 1.62. The number of piperidine rings is 1. The Balaban J connectivity index is 1.36. The predicted molar refractivity (Wildman–Crippen MR) is 98.1 cm³/mol. The number of carbonyl (C=O) groups excluding carboxylic acids is 1. The molecule has 27 heavy (non-hydrogen) atoms. The average molecular weight is 370 g/mol. The Morgan fingerprint density at radius 3 is 2.41 bits per heavy atom. The number of aromatic nitrogens is 2. The summed E-state index contributed by atoms with van der Waals surface area (Å²) in [5.74, 6) is 0.743. The van der Waals surface area contributed by atoms with Gasteiger partial charge in [-0.3, -0.25) is 4.79 Å². The van der Waals surface area contributed by atoms with Gasteiger partial charge in [-0.25, -0.2) is 9.97 Å². The molecule has 142 valence electrons. The molecule has 0 atom stereocenters. The summed E-state index contributed by atoms with van der Waals surface area (Å²) in [6, 6.07) is 7.48. The first kappa shape index (κ1) is 17.7. The van der Waals surface area contributed by atoms with Gasteiger partial charge in [-0.2, -0.15) is 0 Å². The number of nitrogens with zero attached hydrogens (tertiary/aromatic N) is 3. The second-order valence-electron chi connectivity index (χ2n) is 6.54. The van der Waals surface area contributed by atoms with Gasteiger partial charge in [-0.15, -0.1) is 0 Å². The highest BCUT2D eigenvalue weighted by molar-refractivity contribution is 5.92. The van der Waals surface area contributed by atoms with Crippen LogP contribution >= 0.6 is 0 Å². The third-order valence-corrected chi connectivity index (χ3v) is 4.86. The van der Waals surface area contributed by atoms with Crippen LogP contribution < -0.4 is 10.1 Å². The third-order valence-electron chi connectivity index (χ3n) is 4.86. The number of carbonyl (C=O) groups is 1. The molecular weight excluding hydrogens is 348 g/mol. The van der Waals surface area contributed by atoms with Crippen LogP contribution in [0.1, 0.15) is 23.3 Å². The smallest absolute Gasteiger partial charge is 0.274 e. The molecule has 1 aromatic carbocycles. The number of methoxy groups -OCH3 is 1. The van der Waals surface area contributed by atoms with E-state index in [1.54, 1.807) is 18.2 Å². The van der Waals surface area contributed by atoms with Crippen molar-refractivity contribution in [3.8, 4) is 5.75 Å². The Kier molecular flexibility index (Phi) is 4.91. The second-order valence-corrected chi connectivity index (χ2v) is 6.54. The molecule has 2 saturated heterocycles. The minimum Gasteiger partial charge on any atom is -0.497 e. The van der Waals surface area contributed by atoms with Crippen LogP contribution in [0.4, 0.5) is 11.5 Å². The highest BCUT2D eigenvalue weighted by Crippen LogP contribution is 2.31. The van der Waals surface area contributed by atoms with Gasteiger partial charge in [0.25, 0.3) is 5.91 Å². The molecule has 0 saturated carbocycles. The number of hydrogen-bond acceptors (Lipinski definition) is 7. The van der Waals surface area contributed by atoms with E-state index in [0.29, 0.717) is 50.7 Å².